The van der Waals surface area contributed by atoms with E-state index in [-0.39, 0.29) is 17.1 Å². The fraction of sp³-hybridized carbons (Fsp3) is 0.0667. The average molecular weight is 464 g/mol. The lowest BCUT2D eigenvalue weighted by atomic mass is 10.2. The van der Waals surface area contributed by atoms with Crippen molar-refractivity contribution in [3.8, 4) is 11.5 Å². The Labute approximate surface area is 152 Å². The fourth-order valence-corrected chi connectivity index (χ4v) is 2.96. The van der Waals surface area contributed by atoms with Crippen LogP contribution in [0.15, 0.2) is 50.4 Å². The lowest BCUT2D eigenvalue weighted by molar-refractivity contribution is -0.0498. The highest BCUT2D eigenvalue weighted by atomic mass is 79.9. The van der Waals surface area contributed by atoms with E-state index in [1.165, 1.54) is 30.5 Å². The summed E-state index contributed by atoms with van der Waals surface area (Å²) in [5, 5.41) is 13.6. The van der Waals surface area contributed by atoms with E-state index in [0.29, 0.717) is 10.0 Å². The number of halogens is 4. The van der Waals surface area contributed by atoms with Crippen molar-refractivity contribution in [3.05, 3.63) is 56.5 Å². The Morgan fingerprint density at radius 2 is 1.92 bits per heavy atom. The lowest BCUT2D eigenvalue weighted by Crippen LogP contribution is -2.17. The van der Waals surface area contributed by atoms with Gasteiger partial charge in [0.2, 0.25) is 0 Å². The minimum absolute atomic E-state index is 0.0234. The predicted octanol–water partition coefficient (Wildman–Crippen LogP) is 4.28. The van der Waals surface area contributed by atoms with Crippen LogP contribution in [-0.4, -0.2) is 23.8 Å². The van der Waals surface area contributed by atoms with Crippen molar-refractivity contribution in [1.29, 1.82) is 0 Å². The molecule has 0 unspecified atom stereocenters. The van der Waals surface area contributed by atoms with E-state index in [9.17, 15) is 18.7 Å². The summed E-state index contributed by atoms with van der Waals surface area (Å²) in [6.45, 7) is -2.92. The molecular formula is C15H10Br2F2N2O3. The number of carbonyl (C=O) groups is 1. The molecule has 0 saturated heterocycles. The molecule has 0 bridgehead atoms. The van der Waals surface area contributed by atoms with Crippen LogP contribution in [0.5, 0.6) is 11.5 Å². The van der Waals surface area contributed by atoms with Gasteiger partial charge in [-0.2, -0.15) is 13.9 Å². The molecule has 2 rings (SSSR count). The molecule has 24 heavy (non-hydrogen) atoms. The van der Waals surface area contributed by atoms with Gasteiger partial charge in [0.25, 0.3) is 5.91 Å². The molecule has 0 atom stereocenters. The molecule has 0 aliphatic carbocycles. The van der Waals surface area contributed by atoms with Gasteiger partial charge < -0.3 is 9.84 Å². The number of benzene rings is 2. The highest BCUT2D eigenvalue weighted by Crippen LogP contribution is 2.30. The van der Waals surface area contributed by atoms with E-state index in [4.69, 9.17) is 0 Å². The van der Waals surface area contributed by atoms with Gasteiger partial charge in [-0.05, 0) is 52.3 Å². The summed E-state index contributed by atoms with van der Waals surface area (Å²) in [4.78, 5) is 11.9. The summed E-state index contributed by atoms with van der Waals surface area (Å²) in [5.74, 6) is -0.609. The molecule has 0 heterocycles. The molecule has 0 spiro atoms. The molecule has 2 N–H and O–H groups in total. The predicted molar refractivity (Wildman–Crippen MR) is 91.6 cm³/mol. The minimum atomic E-state index is -2.92. The first-order valence-corrected chi connectivity index (χ1v) is 8.01. The zero-order chi connectivity index (χ0) is 17.7. The molecule has 0 aromatic heterocycles. The van der Waals surface area contributed by atoms with Crippen LogP contribution in [-0.2, 0) is 0 Å². The van der Waals surface area contributed by atoms with Crippen molar-refractivity contribution in [2.24, 2.45) is 5.10 Å². The van der Waals surface area contributed by atoms with Gasteiger partial charge in [0.15, 0.2) is 0 Å². The van der Waals surface area contributed by atoms with Gasteiger partial charge in [-0.15, -0.1) is 0 Å². The van der Waals surface area contributed by atoms with Gasteiger partial charge in [-0.3, -0.25) is 4.79 Å². The zero-order valence-corrected chi connectivity index (χ0v) is 15.0. The summed E-state index contributed by atoms with van der Waals surface area (Å²) in [7, 11) is 0. The van der Waals surface area contributed by atoms with Crippen LogP contribution >= 0.6 is 31.9 Å². The topological polar surface area (TPSA) is 70.9 Å². The third-order valence-corrected chi connectivity index (χ3v) is 3.83. The number of hydrogen-bond acceptors (Lipinski definition) is 4. The molecule has 0 radical (unpaired) electrons. The van der Waals surface area contributed by atoms with Gasteiger partial charge in [0, 0.05) is 15.6 Å². The molecule has 0 aliphatic heterocycles. The largest absolute Gasteiger partial charge is 0.506 e. The van der Waals surface area contributed by atoms with Crippen molar-refractivity contribution in [2.75, 3.05) is 0 Å². The van der Waals surface area contributed by atoms with Gasteiger partial charge in [0.05, 0.1) is 10.7 Å². The smallest absolute Gasteiger partial charge is 0.387 e. The van der Waals surface area contributed by atoms with Crippen molar-refractivity contribution in [1.82, 2.24) is 5.43 Å². The zero-order valence-electron chi connectivity index (χ0n) is 11.8. The molecule has 0 fully saturated rings. The van der Waals surface area contributed by atoms with Crippen LogP contribution in [0.1, 0.15) is 15.9 Å². The fourth-order valence-electron chi connectivity index (χ4n) is 1.70. The van der Waals surface area contributed by atoms with E-state index in [2.05, 4.69) is 47.1 Å². The van der Waals surface area contributed by atoms with Gasteiger partial charge in [-0.1, -0.05) is 15.9 Å². The number of nitrogens with one attached hydrogen (secondary N) is 1. The number of carbonyl (C=O) groups excluding carboxylic acids is 1. The Morgan fingerprint density at radius 3 is 2.54 bits per heavy atom. The molecular weight excluding hydrogens is 454 g/mol. The molecule has 2 aromatic rings. The van der Waals surface area contributed by atoms with Gasteiger partial charge in [0.1, 0.15) is 11.5 Å². The number of aromatic hydroxyl groups is 1. The molecule has 126 valence electrons. The Balaban J connectivity index is 2.03. The van der Waals surface area contributed by atoms with E-state index in [1.807, 2.05) is 0 Å². The summed E-state index contributed by atoms with van der Waals surface area (Å²) >= 11 is 6.46. The SMILES string of the molecule is O=C(NN=Cc1cc(Br)cc(Br)c1O)c1ccc(OC(F)F)cc1. The maximum Gasteiger partial charge on any atom is 0.387 e. The Bertz CT molecular complexity index is 768. The molecule has 9 heteroatoms. The number of hydrazone groups is 1. The maximum absolute atomic E-state index is 12.0. The van der Waals surface area contributed by atoms with Gasteiger partial charge in [-0.25, -0.2) is 5.43 Å². The summed E-state index contributed by atoms with van der Waals surface area (Å²) in [6, 6.07) is 8.44. The Kier molecular flexibility index (Phi) is 6.27. The number of nitrogens with zero attached hydrogens (tertiary/aromatic N) is 1. The molecule has 2 aromatic carbocycles. The summed E-state index contributed by atoms with van der Waals surface area (Å²) in [5.41, 5.74) is 2.88. The van der Waals surface area contributed by atoms with E-state index in [1.54, 1.807) is 12.1 Å². The number of ether oxygens (including phenoxy) is 1. The number of phenols is 1. The average Bonchev–Trinajstić information content (AvgIpc) is 2.52. The second-order valence-corrected chi connectivity index (χ2v) is 6.20. The van der Waals surface area contributed by atoms with Crippen LogP contribution in [0, 0.1) is 0 Å². The Morgan fingerprint density at radius 1 is 1.25 bits per heavy atom. The van der Waals surface area contributed by atoms with Crippen molar-refractivity contribution < 1.29 is 23.4 Å². The van der Waals surface area contributed by atoms with E-state index >= 15 is 0 Å². The normalized spacial score (nSPS) is 11.0. The quantitative estimate of drug-likeness (QED) is 0.513. The first-order valence-electron chi connectivity index (χ1n) is 6.43. The lowest BCUT2D eigenvalue weighted by Gasteiger charge is -2.05. The van der Waals surface area contributed by atoms with Gasteiger partial charge >= 0.3 is 6.61 Å². The number of hydrogen-bond donors (Lipinski definition) is 2. The van der Waals surface area contributed by atoms with Crippen LogP contribution in [0.25, 0.3) is 0 Å². The van der Waals surface area contributed by atoms with Crippen LogP contribution in [0.2, 0.25) is 0 Å². The van der Waals surface area contributed by atoms with Crippen molar-refractivity contribution in [3.63, 3.8) is 0 Å². The first kappa shape index (κ1) is 18.3. The molecule has 5 nitrogen and oxygen atoms in total. The highest BCUT2D eigenvalue weighted by Gasteiger charge is 2.08. The third-order valence-electron chi connectivity index (χ3n) is 2.77. The van der Waals surface area contributed by atoms with Crippen LogP contribution in [0.4, 0.5) is 8.78 Å². The van der Waals surface area contributed by atoms with Crippen LogP contribution < -0.4 is 10.2 Å². The number of phenolic OH excluding ortho intramolecular Hbond substituents is 1. The number of amides is 1. The third kappa shape index (κ3) is 5.00. The standard InChI is InChI=1S/C15H10Br2F2N2O3/c16-10-5-9(13(22)12(17)6-10)7-20-21-14(23)8-1-3-11(4-2-8)24-15(18)19/h1-7,15,22H,(H,21,23). The second-order valence-electron chi connectivity index (χ2n) is 4.43. The number of alkyl halides is 2. The maximum atomic E-state index is 12.0. The monoisotopic (exact) mass is 462 g/mol. The van der Waals surface area contributed by atoms with Crippen molar-refractivity contribution in [2.45, 2.75) is 6.61 Å². The van der Waals surface area contributed by atoms with Crippen molar-refractivity contribution >= 4 is 44.0 Å². The summed E-state index contributed by atoms with van der Waals surface area (Å²) in [6.07, 6.45) is 1.27. The van der Waals surface area contributed by atoms with E-state index < -0.39 is 12.5 Å². The second kappa shape index (κ2) is 8.20. The minimum Gasteiger partial charge on any atom is -0.506 e. The van der Waals surface area contributed by atoms with Crippen LogP contribution in [0.3, 0.4) is 0 Å². The summed E-state index contributed by atoms with van der Waals surface area (Å²) < 4.78 is 29.5. The highest BCUT2D eigenvalue weighted by molar-refractivity contribution is 9.11. The van der Waals surface area contributed by atoms with E-state index in [0.717, 1.165) is 4.47 Å². The molecule has 0 aliphatic rings. The molecule has 0 saturated carbocycles. The number of rotatable bonds is 5. The molecule has 1 amide bonds. The first-order chi connectivity index (χ1) is 11.4. The Hall–Kier alpha value is -2.00.